The number of methoxy groups -OCH3 is 1. The second-order valence-electron chi connectivity index (χ2n) is 6.00. The zero-order chi connectivity index (χ0) is 17.5. The van der Waals surface area contributed by atoms with Gasteiger partial charge in [-0.25, -0.2) is 0 Å². The van der Waals surface area contributed by atoms with E-state index in [0.717, 1.165) is 23.7 Å². The number of hydrogen-bond acceptors (Lipinski definition) is 3. The van der Waals surface area contributed by atoms with Crippen molar-refractivity contribution in [2.75, 3.05) is 12.4 Å². The van der Waals surface area contributed by atoms with Gasteiger partial charge in [0.25, 0.3) is 0 Å². The predicted molar refractivity (Wildman–Crippen MR) is 102 cm³/mol. The molecule has 128 valence electrons. The van der Waals surface area contributed by atoms with Crippen LogP contribution >= 0.6 is 0 Å². The summed E-state index contributed by atoms with van der Waals surface area (Å²) in [4.78, 5) is 0. The summed E-state index contributed by atoms with van der Waals surface area (Å²) in [5.74, 6) is 1.74. The normalized spacial score (nSPS) is 10.3. The molecule has 0 aliphatic rings. The maximum atomic E-state index is 5.91. The largest absolute Gasteiger partial charge is 0.497 e. The highest BCUT2D eigenvalue weighted by molar-refractivity contribution is 5.47. The molecule has 0 aromatic heterocycles. The van der Waals surface area contributed by atoms with Crippen LogP contribution in [0.4, 0.5) is 5.69 Å². The molecule has 3 nitrogen and oxygen atoms in total. The third-order valence-electron chi connectivity index (χ3n) is 4.01. The van der Waals surface area contributed by atoms with Crippen LogP contribution in [0.3, 0.4) is 0 Å². The van der Waals surface area contributed by atoms with E-state index in [1.165, 1.54) is 16.7 Å². The van der Waals surface area contributed by atoms with Gasteiger partial charge in [-0.2, -0.15) is 0 Å². The van der Waals surface area contributed by atoms with E-state index in [2.05, 4.69) is 48.6 Å². The lowest BCUT2D eigenvalue weighted by molar-refractivity contribution is 0.306. The zero-order valence-corrected chi connectivity index (χ0v) is 14.7. The lowest BCUT2D eigenvalue weighted by Crippen LogP contribution is -2.00. The summed E-state index contributed by atoms with van der Waals surface area (Å²) in [6, 6.07) is 24.5. The lowest BCUT2D eigenvalue weighted by Gasteiger charge is -2.10. The summed E-state index contributed by atoms with van der Waals surface area (Å²) < 4.78 is 11.1. The molecule has 0 heterocycles. The molecule has 0 saturated heterocycles. The summed E-state index contributed by atoms with van der Waals surface area (Å²) in [6.07, 6.45) is 0. The maximum absolute atomic E-state index is 5.91. The molecule has 0 aliphatic carbocycles. The minimum absolute atomic E-state index is 0.579. The maximum Gasteiger partial charge on any atom is 0.120 e. The SMILES string of the molecule is COc1ccc(NCc2cccc(OCc3ccc(C)cc3)c2)cc1. The average molecular weight is 333 g/mol. The van der Waals surface area contributed by atoms with Gasteiger partial charge in [-0.3, -0.25) is 0 Å². The fourth-order valence-corrected chi connectivity index (χ4v) is 2.51. The Bertz CT molecular complexity index is 795. The number of aryl methyl sites for hydroxylation is 1. The molecule has 0 fully saturated rings. The van der Waals surface area contributed by atoms with Crippen molar-refractivity contribution in [3.8, 4) is 11.5 Å². The Balaban J connectivity index is 1.56. The molecule has 3 heteroatoms. The Kier molecular flexibility index (Phi) is 5.57. The minimum atomic E-state index is 0.579. The molecule has 3 rings (SSSR count). The van der Waals surface area contributed by atoms with Gasteiger partial charge in [0.1, 0.15) is 18.1 Å². The van der Waals surface area contributed by atoms with Gasteiger partial charge >= 0.3 is 0 Å². The molecule has 0 atom stereocenters. The first-order valence-electron chi connectivity index (χ1n) is 8.38. The van der Waals surface area contributed by atoms with Crippen molar-refractivity contribution in [3.63, 3.8) is 0 Å². The van der Waals surface area contributed by atoms with Crippen LogP contribution in [0.25, 0.3) is 0 Å². The monoisotopic (exact) mass is 333 g/mol. The molecule has 25 heavy (non-hydrogen) atoms. The summed E-state index contributed by atoms with van der Waals surface area (Å²) in [5, 5.41) is 3.41. The van der Waals surface area contributed by atoms with Crippen LogP contribution in [0.15, 0.2) is 72.8 Å². The molecule has 0 saturated carbocycles. The van der Waals surface area contributed by atoms with E-state index in [-0.39, 0.29) is 0 Å². The lowest BCUT2D eigenvalue weighted by atomic mass is 10.1. The van der Waals surface area contributed by atoms with Crippen LogP contribution in [0.1, 0.15) is 16.7 Å². The van der Waals surface area contributed by atoms with Gasteiger partial charge in [-0.05, 0) is 54.4 Å². The van der Waals surface area contributed by atoms with Gasteiger partial charge in [-0.15, -0.1) is 0 Å². The summed E-state index contributed by atoms with van der Waals surface area (Å²) >= 11 is 0. The second-order valence-corrected chi connectivity index (χ2v) is 6.00. The van der Waals surface area contributed by atoms with Crippen LogP contribution in [0.5, 0.6) is 11.5 Å². The molecule has 0 amide bonds. The molecular formula is C22H23NO2. The Hall–Kier alpha value is -2.94. The molecule has 3 aromatic rings. The Morgan fingerprint density at radius 3 is 2.28 bits per heavy atom. The van der Waals surface area contributed by atoms with Gasteiger partial charge in [0.2, 0.25) is 0 Å². The van der Waals surface area contributed by atoms with E-state index in [0.29, 0.717) is 6.61 Å². The van der Waals surface area contributed by atoms with Gasteiger partial charge in [0.15, 0.2) is 0 Å². The van der Waals surface area contributed by atoms with Crippen LogP contribution in [-0.2, 0) is 13.2 Å². The third kappa shape index (κ3) is 5.01. The van der Waals surface area contributed by atoms with Crippen molar-refractivity contribution in [2.24, 2.45) is 0 Å². The molecule has 0 bridgehead atoms. The Morgan fingerprint density at radius 2 is 1.56 bits per heavy atom. The highest BCUT2D eigenvalue weighted by Crippen LogP contribution is 2.18. The first kappa shape index (κ1) is 16.9. The van der Waals surface area contributed by atoms with Crippen LogP contribution in [0.2, 0.25) is 0 Å². The van der Waals surface area contributed by atoms with Crippen LogP contribution < -0.4 is 14.8 Å². The summed E-state index contributed by atoms with van der Waals surface area (Å²) in [6.45, 7) is 3.41. The Morgan fingerprint density at radius 1 is 0.800 bits per heavy atom. The van der Waals surface area contributed by atoms with E-state index in [1.807, 2.05) is 36.4 Å². The van der Waals surface area contributed by atoms with Gasteiger partial charge in [0.05, 0.1) is 7.11 Å². The molecule has 0 spiro atoms. The van der Waals surface area contributed by atoms with E-state index >= 15 is 0 Å². The standard InChI is InChI=1S/C22H23NO2/c1-17-6-8-18(9-7-17)16-25-22-5-3-4-19(14-22)15-23-20-10-12-21(24-2)13-11-20/h3-14,23H,15-16H2,1-2H3. The number of benzene rings is 3. The molecule has 0 radical (unpaired) electrons. The number of rotatable bonds is 7. The number of ether oxygens (including phenoxy) is 2. The number of anilines is 1. The van der Waals surface area contributed by atoms with Crippen molar-refractivity contribution < 1.29 is 9.47 Å². The summed E-state index contributed by atoms with van der Waals surface area (Å²) in [7, 11) is 1.67. The highest BCUT2D eigenvalue weighted by atomic mass is 16.5. The van der Waals surface area contributed by atoms with Crippen molar-refractivity contribution in [2.45, 2.75) is 20.1 Å². The van der Waals surface area contributed by atoms with E-state index < -0.39 is 0 Å². The van der Waals surface area contributed by atoms with E-state index in [9.17, 15) is 0 Å². The zero-order valence-electron chi connectivity index (χ0n) is 14.7. The van der Waals surface area contributed by atoms with Crippen molar-refractivity contribution in [1.82, 2.24) is 0 Å². The quantitative estimate of drug-likeness (QED) is 0.645. The number of nitrogens with one attached hydrogen (secondary N) is 1. The van der Waals surface area contributed by atoms with E-state index in [4.69, 9.17) is 9.47 Å². The van der Waals surface area contributed by atoms with Crippen molar-refractivity contribution in [1.29, 1.82) is 0 Å². The molecule has 0 aliphatic heterocycles. The second kappa shape index (κ2) is 8.25. The van der Waals surface area contributed by atoms with Crippen molar-refractivity contribution in [3.05, 3.63) is 89.5 Å². The smallest absolute Gasteiger partial charge is 0.120 e. The fraction of sp³-hybridized carbons (Fsp3) is 0.182. The summed E-state index contributed by atoms with van der Waals surface area (Å²) in [5.41, 5.74) is 4.67. The fourth-order valence-electron chi connectivity index (χ4n) is 2.51. The van der Waals surface area contributed by atoms with Gasteiger partial charge in [-0.1, -0.05) is 42.0 Å². The average Bonchev–Trinajstić information content (AvgIpc) is 2.67. The van der Waals surface area contributed by atoms with Gasteiger partial charge < -0.3 is 14.8 Å². The number of hydrogen-bond donors (Lipinski definition) is 1. The first-order valence-corrected chi connectivity index (χ1v) is 8.38. The molecular weight excluding hydrogens is 310 g/mol. The molecule has 1 N–H and O–H groups in total. The van der Waals surface area contributed by atoms with E-state index in [1.54, 1.807) is 7.11 Å². The van der Waals surface area contributed by atoms with Gasteiger partial charge in [0, 0.05) is 12.2 Å². The third-order valence-corrected chi connectivity index (χ3v) is 4.01. The highest BCUT2D eigenvalue weighted by Gasteiger charge is 2.00. The minimum Gasteiger partial charge on any atom is -0.497 e. The topological polar surface area (TPSA) is 30.5 Å². The van der Waals surface area contributed by atoms with Crippen LogP contribution in [0, 0.1) is 6.92 Å². The first-order chi connectivity index (χ1) is 12.2. The Labute approximate surface area is 149 Å². The predicted octanol–water partition coefficient (Wildman–Crippen LogP) is 5.19. The van der Waals surface area contributed by atoms with Crippen molar-refractivity contribution >= 4 is 5.69 Å². The van der Waals surface area contributed by atoms with Crippen LogP contribution in [-0.4, -0.2) is 7.11 Å². The molecule has 0 unspecified atom stereocenters. The molecule has 3 aromatic carbocycles.